The fourth-order valence-corrected chi connectivity index (χ4v) is 5.56. The first-order valence-electron chi connectivity index (χ1n) is 12.9. The van der Waals surface area contributed by atoms with Crippen molar-refractivity contribution < 1.29 is 24.2 Å². The summed E-state index contributed by atoms with van der Waals surface area (Å²) in [5, 5.41) is 16.7. The molecule has 39 heavy (non-hydrogen) atoms. The Labute approximate surface area is 228 Å². The van der Waals surface area contributed by atoms with Crippen LogP contribution in [0.25, 0.3) is 0 Å². The molecule has 0 bridgehead atoms. The second-order valence-corrected chi connectivity index (χ2v) is 10.0. The maximum Gasteiger partial charge on any atom is 0.254 e. The van der Waals surface area contributed by atoms with Gasteiger partial charge >= 0.3 is 0 Å². The molecule has 0 saturated carbocycles. The standard InChI is InChI=1S/C32H32N2O5/c1-18-8-11-23(12-9-18)34-32(37)29-19(2)33-25-15-22(20-10-13-27(38-3)28(17-20)39-4)16-26(36)31(25)30(29)21-6-5-7-24(35)14-21/h5-14,17,22,30,33,35H,15-16H2,1-4H3,(H,34,37). The maximum absolute atomic E-state index is 13.9. The number of amides is 1. The lowest BCUT2D eigenvalue weighted by Crippen LogP contribution is -2.37. The maximum atomic E-state index is 13.9. The normalized spacial score (nSPS) is 18.8. The second kappa shape index (κ2) is 10.7. The molecule has 1 aliphatic carbocycles. The summed E-state index contributed by atoms with van der Waals surface area (Å²) in [6, 6.07) is 20.1. The Morgan fingerprint density at radius 2 is 1.67 bits per heavy atom. The number of ether oxygens (including phenoxy) is 2. The first kappa shape index (κ1) is 26.1. The average Bonchev–Trinajstić information content (AvgIpc) is 2.92. The molecule has 0 spiro atoms. The van der Waals surface area contributed by atoms with Crippen molar-refractivity contribution >= 4 is 17.4 Å². The van der Waals surface area contributed by atoms with Crippen LogP contribution in [0.3, 0.4) is 0 Å². The highest BCUT2D eigenvalue weighted by atomic mass is 16.5. The summed E-state index contributed by atoms with van der Waals surface area (Å²) in [6.45, 7) is 3.84. The highest BCUT2D eigenvalue weighted by Crippen LogP contribution is 2.46. The van der Waals surface area contributed by atoms with Gasteiger partial charge in [0, 0.05) is 40.6 Å². The number of anilines is 1. The monoisotopic (exact) mass is 524 g/mol. The summed E-state index contributed by atoms with van der Waals surface area (Å²) in [7, 11) is 3.18. The molecule has 2 aliphatic rings. The van der Waals surface area contributed by atoms with Gasteiger partial charge in [0.15, 0.2) is 17.3 Å². The van der Waals surface area contributed by atoms with Crippen LogP contribution in [0.4, 0.5) is 5.69 Å². The van der Waals surface area contributed by atoms with E-state index in [1.54, 1.807) is 32.4 Å². The molecule has 2 atom stereocenters. The van der Waals surface area contributed by atoms with Crippen molar-refractivity contribution in [3.05, 3.63) is 106 Å². The molecule has 5 rings (SSSR count). The van der Waals surface area contributed by atoms with Gasteiger partial charge in [-0.25, -0.2) is 0 Å². The van der Waals surface area contributed by atoms with E-state index < -0.39 is 5.92 Å². The van der Waals surface area contributed by atoms with Crippen molar-refractivity contribution in [2.45, 2.75) is 38.5 Å². The van der Waals surface area contributed by atoms with Gasteiger partial charge in [-0.2, -0.15) is 0 Å². The zero-order chi connectivity index (χ0) is 27.7. The molecule has 0 saturated heterocycles. The van der Waals surface area contributed by atoms with Gasteiger partial charge in [-0.3, -0.25) is 9.59 Å². The van der Waals surface area contributed by atoms with Gasteiger partial charge in [0.05, 0.1) is 14.2 Å². The van der Waals surface area contributed by atoms with E-state index in [4.69, 9.17) is 9.47 Å². The van der Waals surface area contributed by atoms with Crippen LogP contribution < -0.4 is 20.1 Å². The van der Waals surface area contributed by atoms with Crippen molar-refractivity contribution in [1.29, 1.82) is 0 Å². The van der Waals surface area contributed by atoms with E-state index in [1.165, 1.54) is 0 Å². The number of allylic oxidation sites excluding steroid dienone is 3. The molecule has 0 aromatic heterocycles. The minimum absolute atomic E-state index is 0.0370. The van der Waals surface area contributed by atoms with Crippen LogP contribution in [0, 0.1) is 6.92 Å². The Balaban J connectivity index is 1.54. The van der Waals surface area contributed by atoms with Gasteiger partial charge < -0.3 is 25.2 Å². The highest BCUT2D eigenvalue weighted by Gasteiger charge is 2.41. The molecule has 1 heterocycles. The number of methoxy groups -OCH3 is 2. The van der Waals surface area contributed by atoms with Gasteiger partial charge in [0.25, 0.3) is 5.91 Å². The van der Waals surface area contributed by atoms with Gasteiger partial charge in [0.2, 0.25) is 0 Å². The highest BCUT2D eigenvalue weighted by molar-refractivity contribution is 6.10. The van der Waals surface area contributed by atoms with Crippen LogP contribution in [0.2, 0.25) is 0 Å². The number of dihydropyridines is 1. The fraction of sp³-hybridized carbons (Fsp3) is 0.250. The number of ketones is 1. The number of phenolic OH excluding ortho intramolecular Hbond substituents is 1. The van der Waals surface area contributed by atoms with Crippen molar-refractivity contribution in [2.24, 2.45) is 0 Å². The molecule has 7 nitrogen and oxygen atoms in total. The lowest BCUT2D eigenvalue weighted by Gasteiger charge is -2.37. The van der Waals surface area contributed by atoms with Crippen LogP contribution in [0.1, 0.15) is 48.3 Å². The molecule has 7 heteroatoms. The molecule has 1 amide bonds. The van der Waals surface area contributed by atoms with Gasteiger partial charge in [-0.05, 0) is 73.7 Å². The van der Waals surface area contributed by atoms with E-state index >= 15 is 0 Å². The van der Waals surface area contributed by atoms with E-state index in [0.29, 0.717) is 46.0 Å². The van der Waals surface area contributed by atoms with Crippen LogP contribution in [-0.2, 0) is 9.59 Å². The molecular weight excluding hydrogens is 492 g/mol. The summed E-state index contributed by atoms with van der Waals surface area (Å²) in [5.74, 6) is 0.314. The largest absolute Gasteiger partial charge is 0.508 e. The van der Waals surface area contributed by atoms with Crippen molar-refractivity contribution in [3.63, 3.8) is 0 Å². The minimum atomic E-state index is -0.613. The average molecular weight is 525 g/mol. The molecule has 0 fully saturated rings. The second-order valence-electron chi connectivity index (χ2n) is 10.0. The van der Waals surface area contributed by atoms with Crippen LogP contribution in [0.15, 0.2) is 89.3 Å². The first-order chi connectivity index (χ1) is 18.8. The number of rotatable bonds is 6. The van der Waals surface area contributed by atoms with Crippen LogP contribution in [-0.4, -0.2) is 31.0 Å². The first-order valence-corrected chi connectivity index (χ1v) is 12.9. The molecule has 0 radical (unpaired) electrons. The number of phenols is 1. The van der Waals surface area contributed by atoms with E-state index in [2.05, 4.69) is 10.6 Å². The van der Waals surface area contributed by atoms with E-state index in [1.807, 2.05) is 62.4 Å². The number of Topliss-reactive ketones (excluding diaryl/α,β-unsaturated/α-hetero) is 1. The zero-order valence-corrected chi connectivity index (χ0v) is 22.5. The summed E-state index contributed by atoms with van der Waals surface area (Å²) >= 11 is 0. The Bertz CT molecular complexity index is 1500. The smallest absolute Gasteiger partial charge is 0.254 e. The number of carbonyl (C=O) groups excluding carboxylic acids is 2. The third-order valence-corrected chi connectivity index (χ3v) is 7.46. The summed E-state index contributed by atoms with van der Waals surface area (Å²) < 4.78 is 10.9. The number of carbonyl (C=O) groups is 2. The zero-order valence-electron chi connectivity index (χ0n) is 22.5. The third kappa shape index (κ3) is 5.12. The number of aryl methyl sites for hydroxylation is 1. The molecule has 1 aliphatic heterocycles. The topological polar surface area (TPSA) is 96.9 Å². The number of hydrogen-bond acceptors (Lipinski definition) is 6. The Hall–Kier alpha value is -4.52. The molecular formula is C32H32N2O5. The summed E-state index contributed by atoms with van der Waals surface area (Å²) in [5.41, 5.74) is 5.92. The minimum Gasteiger partial charge on any atom is -0.508 e. The molecule has 3 aromatic rings. The van der Waals surface area contributed by atoms with Crippen molar-refractivity contribution in [2.75, 3.05) is 19.5 Å². The predicted molar refractivity (Wildman–Crippen MR) is 150 cm³/mol. The molecule has 3 N–H and O–H groups in total. The van der Waals surface area contributed by atoms with Gasteiger partial charge in [-0.1, -0.05) is 35.9 Å². The summed E-state index contributed by atoms with van der Waals surface area (Å²) in [4.78, 5) is 27.6. The number of aromatic hydroxyl groups is 1. The van der Waals surface area contributed by atoms with E-state index in [0.717, 1.165) is 16.8 Å². The SMILES string of the molecule is COc1ccc(C2CC(=O)C3=C(C2)NC(C)=C(C(=O)Nc2ccc(C)cc2)C3c2cccc(O)c2)cc1OC. The fourth-order valence-electron chi connectivity index (χ4n) is 5.56. The molecule has 200 valence electrons. The quantitative estimate of drug-likeness (QED) is 0.382. The lowest BCUT2D eigenvalue weighted by atomic mass is 9.71. The van der Waals surface area contributed by atoms with Gasteiger partial charge in [-0.15, -0.1) is 0 Å². The Morgan fingerprint density at radius 3 is 2.36 bits per heavy atom. The Kier molecular flexibility index (Phi) is 7.15. The van der Waals surface area contributed by atoms with E-state index in [9.17, 15) is 14.7 Å². The van der Waals surface area contributed by atoms with Gasteiger partial charge in [0.1, 0.15) is 5.75 Å². The lowest BCUT2D eigenvalue weighted by molar-refractivity contribution is -0.116. The number of benzene rings is 3. The van der Waals surface area contributed by atoms with E-state index in [-0.39, 0.29) is 29.8 Å². The van der Waals surface area contributed by atoms with Crippen LogP contribution in [0.5, 0.6) is 17.2 Å². The molecule has 3 aromatic carbocycles. The number of nitrogens with one attached hydrogen (secondary N) is 2. The van der Waals surface area contributed by atoms with Crippen LogP contribution >= 0.6 is 0 Å². The molecule has 2 unspecified atom stereocenters. The van der Waals surface area contributed by atoms with Crippen molar-refractivity contribution in [1.82, 2.24) is 5.32 Å². The van der Waals surface area contributed by atoms with Crippen molar-refractivity contribution in [3.8, 4) is 17.2 Å². The summed E-state index contributed by atoms with van der Waals surface area (Å²) in [6.07, 6.45) is 0.882. The Morgan fingerprint density at radius 1 is 0.923 bits per heavy atom. The predicted octanol–water partition coefficient (Wildman–Crippen LogP) is 5.72. The third-order valence-electron chi connectivity index (χ3n) is 7.46. The number of hydrogen-bond donors (Lipinski definition) is 3.